The van der Waals surface area contributed by atoms with Crippen molar-refractivity contribution in [1.82, 2.24) is 4.90 Å². The minimum absolute atomic E-state index is 0.00861. The third-order valence-corrected chi connectivity index (χ3v) is 8.59. The fraction of sp³-hybridized carbons (Fsp3) is 0.593. The van der Waals surface area contributed by atoms with Crippen LogP contribution in [0.5, 0.6) is 5.75 Å². The lowest BCUT2D eigenvalue weighted by Crippen LogP contribution is -2.44. The molecule has 1 aliphatic carbocycles. The summed E-state index contributed by atoms with van der Waals surface area (Å²) in [6.45, 7) is 0.794. The zero-order valence-electron chi connectivity index (χ0n) is 19.8. The monoisotopic (exact) mass is 509 g/mol. The molecule has 5 rings (SSSR count). The summed E-state index contributed by atoms with van der Waals surface area (Å²) in [5.41, 5.74) is 1.15. The van der Waals surface area contributed by atoms with Crippen molar-refractivity contribution in [2.75, 3.05) is 7.11 Å². The van der Waals surface area contributed by atoms with Crippen LogP contribution >= 0.6 is 11.6 Å². The van der Waals surface area contributed by atoms with E-state index in [1.54, 1.807) is 0 Å². The number of ether oxygens (including phenoxy) is 2. The topological polar surface area (TPSA) is 38.8 Å². The summed E-state index contributed by atoms with van der Waals surface area (Å²) in [4.78, 5) is 14.6. The Labute approximate surface area is 208 Å². The lowest BCUT2D eigenvalue weighted by molar-refractivity contribution is -0.185. The second kappa shape index (κ2) is 9.81. The molecule has 8 heteroatoms. The molecule has 0 radical (unpaired) electrons. The number of halogens is 4. The van der Waals surface area contributed by atoms with E-state index in [9.17, 15) is 18.0 Å². The molecule has 1 saturated carbocycles. The van der Waals surface area contributed by atoms with Crippen molar-refractivity contribution in [2.45, 2.75) is 82.3 Å². The van der Waals surface area contributed by atoms with Crippen molar-refractivity contribution in [3.05, 3.63) is 40.9 Å². The van der Waals surface area contributed by atoms with Gasteiger partial charge in [0.25, 0.3) is 0 Å². The highest BCUT2D eigenvalue weighted by Gasteiger charge is 2.43. The molecule has 190 valence electrons. The number of rotatable bonds is 5. The maximum absolute atomic E-state index is 13.0. The number of carbonyl (C=O) groups excluding carboxylic acids is 1. The van der Waals surface area contributed by atoms with E-state index in [1.165, 1.54) is 7.11 Å². The molecule has 2 saturated heterocycles. The average Bonchev–Trinajstić information content (AvgIpc) is 3.06. The van der Waals surface area contributed by atoms with Crippen molar-refractivity contribution in [1.29, 1.82) is 0 Å². The van der Waals surface area contributed by atoms with Crippen molar-refractivity contribution < 1.29 is 27.4 Å². The van der Waals surface area contributed by atoms with E-state index in [1.807, 2.05) is 12.1 Å². The van der Waals surface area contributed by atoms with Crippen LogP contribution in [0.4, 0.5) is 13.2 Å². The van der Waals surface area contributed by atoms with E-state index >= 15 is 0 Å². The predicted octanol–water partition coefficient (Wildman–Crippen LogP) is 6.91. The Hall–Kier alpha value is -1.99. The summed E-state index contributed by atoms with van der Waals surface area (Å²) >= 11 is 6.75. The highest BCUT2D eigenvalue weighted by atomic mass is 35.5. The molecule has 2 aromatic rings. The van der Waals surface area contributed by atoms with Gasteiger partial charge in [0.15, 0.2) is 0 Å². The summed E-state index contributed by atoms with van der Waals surface area (Å²) in [5, 5.41) is 2.40. The van der Waals surface area contributed by atoms with Crippen LogP contribution in [0.15, 0.2) is 30.3 Å². The molecule has 2 aliphatic heterocycles. The first-order valence-electron chi connectivity index (χ1n) is 12.5. The Morgan fingerprint density at radius 3 is 2.31 bits per heavy atom. The second-order valence-corrected chi connectivity index (χ2v) is 10.7. The third kappa shape index (κ3) is 5.12. The molecule has 35 heavy (non-hydrogen) atoms. The van der Waals surface area contributed by atoms with Gasteiger partial charge in [0.05, 0.1) is 30.1 Å². The van der Waals surface area contributed by atoms with Gasteiger partial charge < -0.3 is 9.47 Å². The van der Waals surface area contributed by atoms with Crippen LogP contribution in [-0.4, -0.2) is 42.3 Å². The standard InChI is InChI=1S/C27H31ClF3NO3/c1-34-26(33)18-13-20-7-8-21(14-18)32(20)15-16-2-3-17-4-11-24(25(28)23(17)12-16)35-22-9-5-19(6-10-22)27(29,30)31/h2-4,11-12,18-22H,5-10,13-15H2,1H3. The van der Waals surface area contributed by atoms with Gasteiger partial charge in [0, 0.05) is 24.0 Å². The summed E-state index contributed by atoms with van der Waals surface area (Å²) < 4.78 is 50.0. The van der Waals surface area contributed by atoms with E-state index in [0.717, 1.165) is 48.6 Å². The summed E-state index contributed by atoms with van der Waals surface area (Å²) in [7, 11) is 1.46. The second-order valence-electron chi connectivity index (χ2n) is 10.3. The van der Waals surface area contributed by atoms with E-state index in [4.69, 9.17) is 21.1 Å². The molecule has 2 heterocycles. The molecule has 0 amide bonds. The molecule has 2 atom stereocenters. The summed E-state index contributed by atoms with van der Waals surface area (Å²) in [6.07, 6.45) is 0.442. The van der Waals surface area contributed by atoms with Crippen LogP contribution in [0.1, 0.15) is 56.9 Å². The van der Waals surface area contributed by atoms with Gasteiger partial charge in [-0.25, -0.2) is 0 Å². The van der Waals surface area contributed by atoms with Gasteiger partial charge >= 0.3 is 12.1 Å². The lowest BCUT2D eigenvalue weighted by atomic mass is 9.87. The molecular formula is C27H31ClF3NO3. The third-order valence-electron chi connectivity index (χ3n) is 8.20. The van der Waals surface area contributed by atoms with Crippen molar-refractivity contribution in [3.63, 3.8) is 0 Å². The first-order chi connectivity index (χ1) is 16.7. The Balaban J connectivity index is 1.28. The fourth-order valence-electron chi connectivity index (χ4n) is 6.29. The highest BCUT2D eigenvalue weighted by Crippen LogP contribution is 2.42. The normalized spacial score (nSPS) is 29.3. The molecule has 2 bridgehead atoms. The number of piperidine rings is 1. The van der Waals surface area contributed by atoms with Gasteiger partial charge in [-0.05, 0) is 74.4 Å². The number of esters is 1. The zero-order chi connectivity index (χ0) is 24.7. The number of hydrogen-bond donors (Lipinski definition) is 0. The number of alkyl halides is 3. The van der Waals surface area contributed by atoms with Crippen LogP contribution in [0.2, 0.25) is 5.02 Å². The Morgan fingerprint density at radius 2 is 1.69 bits per heavy atom. The lowest BCUT2D eigenvalue weighted by Gasteiger charge is -2.38. The quantitative estimate of drug-likeness (QED) is 0.410. The molecule has 3 aliphatic rings. The predicted molar refractivity (Wildman–Crippen MR) is 128 cm³/mol. The van der Waals surface area contributed by atoms with E-state index < -0.39 is 12.1 Å². The minimum Gasteiger partial charge on any atom is -0.489 e. The van der Waals surface area contributed by atoms with E-state index in [2.05, 4.69) is 23.1 Å². The molecule has 0 N–H and O–H groups in total. The number of benzene rings is 2. The average molecular weight is 510 g/mol. The number of methoxy groups -OCH3 is 1. The van der Waals surface area contributed by atoms with Gasteiger partial charge in [-0.3, -0.25) is 9.69 Å². The number of fused-ring (bicyclic) bond motifs is 3. The Kier molecular flexibility index (Phi) is 6.92. The number of carbonyl (C=O) groups is 1. The van der Waals surface area contributed by atoms with Crippen molar-refractivity contribution in [3.8, 4) is 5.75 Å². The summed E-state index contributed by atoms with van der Waals surface area (Å²) in [6, 6.07) is 10.8. The molecule has 2 unspecified atom stereocenters. The molecule has 3 fully saturated rings. The van der Waals surface area contributed by atoms with Gasteiger partial charge in [-0.15, -0.1) is 0 Å². The van der Waals surface area contributed by atoms with Crippen LogP contribution in [0, 0.1) is 11.8 Å². The smallest absolute Gasteiger partial charge is 0.391 e. The summed E-state index contributed by atoms with van der Waals surface area (Å²) in [5.74, 6) is -0.806. The first kappa shape index (κ1) is 24.7. The van der Waals surface area contributed by atoms with E-state index in [0.29, 0.717) is 35.7 Å². The maximum atomic E-state index is 13.0. The van der Waals surface area contributed by atoms with Crippen LogP contribution in [0.25, 0.3) is 10.8 Å². The largest absolute Gasteiger partial charge is 0.489 e. The van der Waals surface area contributed by atoms with Crippen LogP contribution < -0.4 is 4.74 Å². The maximum Gasteiger partial charge on any atom is 0.391 e. The zero-order valence-corrected chi connectivity index (χ0v) is 20.6. The molecule has 0 aromatic heterocycles. The molecule has 0 spiro atoms. The number of hydrogen-bond acceptors (Lipinski definition) is 4. The fourth-order valence-corrected chi connectivity index (χ4v) is 6.56. The molecule has 2 aromatic carbocycles. The number of nitrogens with zero attached hydrogens (tertiary/aromatic N) is 1. The van der Waals surface area contributed by atoms with Gasteiger partial charge in [0.1, 0.15) is 5.75 Å². The van der Waals surface area contributed by atoms with Crippen LogP contribution in [-0.2, 0) is 16.1 Å². The van der Waals surface area contributed by atoms with Crippen molar-refractivity contribution >= 4 is 28.3 Å². The molecule has 4 nitrogen and oxygen atoms in total. The molecular weight excluding hydrogens is 479 g/mol. The van der Waals surface area contributed by atoms with E-state index in [-0.39, 0.29) is 30.8 Å². The first-order valence-corrected chi connectivity index (χ1v) is 12.9. The highest BCUT2D eigenvalue weighted by molar-refractivity contribution is 6.37. The minimum atomic E-state index is -4.13. The van der Waals surface area contributed by atoms with Gasteiger partial charge in [-0.2, -0.15) is 13.2 Å². The van der Waals surface area contributed by atoms with Gasteiger partial charge in [-0.1, -0.05) is 29.8 Å². The van der Waals surface area contributed by atoms with Gasteiger partial charge in [0.2, 0.25) is 0 Å². The van der Waals surface area contributed by atoms with Crippen molar-refractivity contribution in [2.24, 2.45) is 11.8 Å². The van der Waals surface area contributed by atoms with Crippen LogP contribution in [0.3, 0.4) is 0 Å². The Morgan fingerprint density at radius 1 is 1.03 bits per heavy atom. The SMILES string of the molecule is COC(=O)C1CC2CCC(C1)N2Cc1ccc2ccc(OC3CCC(C(F)(F)F)CC3)c(Cl)c2c1. The Bertz CT molecular complexity index is 1070.